The van der Waals surface area contributed by atoms with Crippen molar-refractivity contribution >= 4 is 17.3 Å². The van der Waals surface area contributed by atoms with Gasteiger partial charge in [0.2, 0.25) is 0 Å². The predicted octanol–water partition coefficient (Wildman–Crippen LogP) is 2.71. The van der Waals surface area contributed by atoms with Gasteiger partial charge >= 0.3 is 5.97 Å². The zero-order valence-electron chi connectivity index (χ0n) is 11.4. The number of hydrogen-bond donors (Lipinski definition) is 2. The molecule has 2 aromatic rings. The van der Waals surface area contributed by atoms with Gasteiger partial charge in [-0.15, -0.1) is 0 Å². The quantitative estimate of drug-likeness (QED) is 0.647. The van der Waals surface area contributed by atoms with Crippen molar-refractivity contribution < 1.29 is 9.53 Å². The fourth-order valence-electron chi connectivity index (χ4n) is 1.98. The first-order valence-corrected chi connectivity index (χ1v) is 6.46. The molecule has 104 valence electrons. The fourth-order valence-corrected chi connectivity index (χ4v) is 1.98. The van der Waals surface area contributed by atoms with E-state index >= 15 is 0 Å². The van der Waals surface area contributed by atoms with Crippen LogP contribution in [0, 0.1) is 0 Å². The van der Waals surface area contributed by atoms with E-state index in [1.165, 1.54) is 12.7 Å². The molecule has 0 bridgehead atoms. The van der Waals surface area contributed by atoms with Crippen LogP contribution in [-0.4, -0.2) is 19.6 Å². The van der Waals surface area contributed by atoms with Gasteiger partial charge in [-0.25, -0.2) is 4.79 Å². The molecule has 0 aliphatic rings. The third-order valence-electron chi connectivity index (χ3n) is 3.02. The predicted molar refractivity (Wildman–Crippen MR) is 80.8 cm³/mol. The lowest BCUT2D eigenvalue weighted by atomic mass is 10.1. The first-order valence-electron chi connectivity index (χ1n) is 6.46. The molecule has 4 nitrogen and oxygen atoms in total. The average molecular weight is 270 g/mol. The molecule has 0 saturated heterocycles. The lowest BCUT2D eigenvalue weighted by Crippen LogP contribution is -2.11. The van der Waals surface area contributed by atoms with Crippen molar-refractivity contribution in [2.45, 2.75) is 6.42 Å². The van der Waals surface area contributed by atoms with E-state index in [2.05, 4.69) is 17.4 Å². The summed E-state index contributed by atoms with van der Waals surface area (Å²) in [6.07, 6.45) is 0.881. The molecule has 0 amide bonds. The number of methoxy groups -OCH3 is 1. The van der Waals surface area contributed by atoms with E-state index in [0.29, 0.717) is 11.3 Å². The number of benzene rings is 2. The topological polar surface area (TPSA) is 64.3 Å². The van der Waals surface area contributed by atoms with Gasteiger partial charge in [-0.2, -0.15) is 0 Å². The summed E-state index contributed by atoms with van der Waals surface area (Å²) >= 11 is 0. The normalized spacial score (nSPS) is 10.1. The van der Waals surface area contributed by atoms with Gasteiger partial charge in [-0.05, 0) is 30.2 Å². The molecule has 0 heterocycles. The van der Waals surface area contributed by atoms with Crippen LogP contribution in [0.15, 0.2) is 48.5 Å². The van der Waals surface area contributed by atoms with Crippen molar-refractivity contribution in [3.05, 3.63) is 59.7 Å². The van der Waals surface area contributed by atoms with Crippen molar-refractivity contribution in [1.29, 1.82) is 0 Å². The summed E-state index contributed by atoms with van der Waals surface area (Å²) in [5, 5.41) is 3.25. The highest BCUT2D eigenvalue weighted by atomic mass is 16.5. The molecule has 0 fully saturated rings. The standard InChI is InChI=1S/C16H18N2O2/c1-20-16(19)14-11-13(17)7-8-15(14)18-10-9-12-5-3-2-4-6-12/h2-8,11,18H,9-10,17H2,1H3. The third-order valence-corrected chi connectivity index (χ3v) is 3.02. The highest BCUT2D eigenvalue weighted by molar-refractivity contribution is 5.96. The first kappa shape index (κ1) is 13.9. The zero-order chi connectivity index (χ0) is 14.4. The van der Waals surface area contributed by atoms with Gasteiger partial charge in [0.15, 0.2) is 0 Å². The SMILES string of the molecule is COC(=O)c1cc(N)ccc1NCCc1ccccc1. The van der Waals surface area contributed by atoms with Gasteiger partial charge in [0.05, 0.1) is 12.7 Å². The molecule has 4 heteroatoms. The van der Waals surface area contributed by atoms with Gasteiger partial charge < -0.3 is 15.8 Å². The molecule has 0 aliphatic carbocycles. The van der Waals surface area contributed by atoms with E-state index in [-0.39, 0.29) is 5.97 Å². The Morgan fingerprint density at radius 2 is 1.95 bits per heavy atom. The lowest BCUT2D eigenvalue weighted by Gasteiger charge is -2.11. The van der Waals surface area contributed by atoms with Gasteiger partial charge in [-0.3, -0.25) is 0 Å². The summed E-state index contributed by atoms with van der Waals surface area (Å²) in [5.74, 6) is -0.389. The molecule has 2 aromatic carbocycles. The minimum Gasteiger partial charge on any atom is -0.465 e. The molecule has 0 aliphatic heterocycles. The number of carbonyl (C=O) groups excluding carboxylic acids is 1. The Balaban J connectivity index is 2.04. The van der Waals surface area contributed by atoms with Crippen molar-refractivity contribution in [2.75, 3.05) is 24.7 Å². The van der Waals surface area contributed by atoms with Gasteiger partial charge in [0, 0.05) is 17.9 Å². The summed E-state index contributed by atoms with van der Waals surface area (Å²) < 4.78 is 4.76. The second-order valence-electron chi connectivity index (χ2n) is 4.46. The van der Waals surface area contributed by atoms with E-state index < -0.39 is 0 Å². The number of nitrogens with one attached hydrogen (secondary N) is 1. The minimum atomic E-state index is -0.389. The van der Waals surface area contributed by atoms with Crippen LogP contribution in [0.5, 0.6) is 0 Å². The van der Waals surface area contributed by atoms with Crippen LogP contribution in [-0.2, 0) is 11.2 Å². The maximum Gasteiger partial charge on any atom is 0.340 e. The highest BCUT2D eigenvalue weighted by Gasteiger charge is 2.11. The zero-order valence-corrected chi connectivity index (χ0v) is 11.4. The number of esters is 1. The molecule has 2 rings (SSSR count). The monoisotopic (exact) mass is 270 g/mol. The van der Waals surface area contributed by atoms with E-state index in [0.717, 1.165) is 18.7 Å². The Morgan fingerprint density at radius 3 is 2.65 bits per heavy atom. The molecule has 0 unspecified atom stereocenters. The Bertz CT molecular complexity index is 582. The number of nitrogens with two attached hydrogens (primary N) is 1. The van der Waals surface area contributed by atoms with E-state index in [1.54, 1.807) is 18.2 Å². The van der Waals surface area contributed by atoms with Crippen LogP contribution in [0.3, 0.4) is 0 Å². The fraction of sp³-hybridized carbons (Fsp3) is 0.188. The van der Waals surface area contributed by atoms with Crippen LogP contribution in [0.25, 0.3) is 0 Å². The van der Waals surface area contributed by atoms with Crippen molar-refractivity contribution in [2.24, 2.45) is 0 Å². The summed E-state index contributed by atoms with van der Waals surface area (Å²) in [6.45, 7) is 0.734. The maximum absolute atomic E-state index is 11.7. The van der Waals surface area contributed by atoms with E-state index in [9.17, 15) is 4.79 Å². The molecule has 0 radical (unpaired) electrons. The number of hydrogen-bond acceptors (Lipinski definition) is 4. The van der Waals surface area contributed by atoms with Crippen molar-refractivity contribution in [1.82, 2.24) is 0 Å². The Morgan fingerprint density at radius 1 is 1.20 bits per heavy atom. The van der Waals surface area contributed by atoms with Gasteiger partial charge in [-0.1, -0.05) is 30.3 Å². The summed E-state index contributed by atoms with van der Waals surface area (Å²) in [4.78, 5) is 11.7. The summed E-state index contributed by atoms with van der Waals surface area (Å²) in [6, 6.07) is 15.3. The van der Waals surface area contributed by atoms with Crippen LogP contribution >= 0.6 is 0 Å². The number of rotatable bonds is 5. The second kappa shape index (κ2) is 6.61. The molecule has 20 heavy (non-hydrogen) atoms. The number of ether oxygens (including phenoxy) is 1. The second-order valence-corrected chi connectivity index (χ2v) is 4.46. The molecule has 0 spiro atoms. The van der Waals surface area contributed by atoms with Crippen molar-refractivity contribution in [3.63, 3.8) is 0 Å². The van der Waals surface area contributed by atoms with Crippen LogP contribution in [0.2, 0.25) is 0 Å². The smallest absolute Gasteiger partial charge is 0.340 e. The maximum atomic E-state index is 11.7. The van der Waals surface area contributed by atoms with Gasteiger partial charge in [0.1, 0.15) is 0 Å². The van der Waals surface area contributed by atoms with Crippen LogP contribution in [0.1, 0.15) is 15.9 Å². The number of anilines is 2. The molecule has 3 N–H and O–H groups in total. The van der Waals surface area contributed by atoms with E-state index in [4.69, 9.17) is 10.5 Å². The minimum absolute atomic E-state index is 0.389. The van der Waals surface area contributed by atoms with Crippen molar-refractivity contribution in [3.8, 4) is 0 Å². The first-order chi connectivity index (χ1) is 9.70. The third kappa shape index (κ3) is 3.51. The van der Waals surface area contributed by atoms with Crippen LogP contribution < -0.4 is 11.1 Å². The Hall–Kier alpha value is -2.49. The molecular weight excluding hydrogens is 252 g/mol. The highest BCUT2D eigenvalue weighted by Crippen LogP contribution is 2.19. The largest absolute Gasteiger partial charge is 0.465 e. The average Bonchev–Trinajstić information content (AvgIpc) is 2.49. The molecule has 0 aromatic heterocycles. The molecule has 0 saturated carbocycles. The number of carbonyl (C=O) groups is 1. The van der Waals surface area contributed by atoms with Gasteiger partial charge in [0.25, 0.3) is 0 Å². The summed E-state index contributed by atoms with van der Waals surface area (Å²) in [5.41, 5.74) is 8.69. The number of nitrogen functional groups attached to an aromatic ring is 1. The molecular formula is C16H18N2O2. The Kier molecular flexibility index (Phi) is 4.60. The van der Waals surface area contributed by atoms with Crippen LogP contribution in [0.4, 0.5) is 11.4 Å². The van der Waals surface area contributed by atoms with E-state index in [1.807, 2.05) is 18.2 Å². The molecule has 0 atom stereocenters. The summed E-state index contributed by atoms with van der Waals surface area (Å²) in [7, 11) is 1.36. The lowest BCUT2D eigenvalue weighted by molar-refractivity contribution is 0.0602. The Labute approximate surface area is 118 Å².